The summed E-state index contributed by atoms with van der Waals surface area (Å²) in [4.78, 5) is 23.6. The van der Waals surface area contributed by atoms with E-state index < -0.39 is 6.09 Å². The first-order valence-corrected chi connectivity index (χ1v) is 8.10. The average Bonchev–Trinajstić information content (AvgIpc) is 2.66. The van der Waals surface area contributed by atoms with Gasteiger partial charge in [-0.3, -0.25) is 4.79 Å². The molecule has 2 rings (SSSR count). The molecule has 0 aliphatic carbocycles. The van der Waals surface area contributed by atoms with Gasteiger partial charge >= 0.3 is 6.09 Å². The lowest BCUT2D eigenvalue weighted by Crippen LogP contribution is -2.36. The molecule has 0 saturated heterocycles. The number of benzene rings is 2. The molecule has 138 valence electrons. The number of hydrogen-bond acceptors (Lipinski definition) is 5. The van der Waals surface area contributed by atoms with E-state index in [9.17, 15) is 9.59 Å². The van der Waals surface area contributed by atoms with E-state index in [4.69, 9.17) is 14.2 Å². The molecule has 0 heterocycles. The Balaban J connectivity index is 1.69. The summed E-state index contributed by atoms with van der Waals surface area (Å²) in [5.74, 6) is 1.49. The van der Waals surface area contributed by atoms with E-state index >= 15 is 0 Å². The van der Waals surface area contributed by atoms with Crippen LogP contribution in [0.15, 0.2) is 48.5 Å². The Kier molecular flexibility index (Phi) is 7.30. The molecule has 0 spiro atoms. The highest BCUT2D eigenvalue weighted by atomic mass is 16.6. The average molecular weight is 358 g/mol. The number of ether oxygens (including phenoxy) is 3. The first-order chi connectivity index (χ1) is 12.6. The largest absolute Gasteiger partial charge is 0.493 e. The van der Waals surface area contributed by atoms with Crippen LogP contribution in [-0.2, 0) is 11.2 Å². The zero-order chi connectivity index (χ0) is 18.8. The van der Waals surface area contributed by atoms with E-state index in [-0.39, 0.29) is 18.9 Å². The molecule has 0 unspecified atom stereocenters. The van der Waals surface area contributed by atoms with E-state index in [2.05, 4.69) is 10.6 Å². The number of hydrogen-bond donors (Lipinski definition) is 2. The summed E-state index contributed by atoms with van der Waals surface area (Å²) in [6, 6.07) is 14.1. The predicted octanol–water partition coefficient (Wildman–Crippen LogP) is 2.15. The number of para-hydroxylation sites is 1. The lowest BCUT2D eigenvalue weighted by atomic mass is 10.1. The fourth-order valence-corrected chi connectivity index (χ4v) is 2.24. The Morgan fingerprint density at radius 2 is 1.58 bits per heavy atom. The third kappa shape index (κ3) is 6.01. The Hall–Kier alpha value is -3.22. The van der Waals surface area contributed by atoms with E-state index in [1.807, 2.05) is 6.07 Å². The Bertz CT molecular complexity index is 734. The van der Waals surface area contributed by atoms with Crippen LogP contribution in [0.25, 0.3) is 0 Å². The molecule has 2 amide bonds. The quantitative estimate of drug-likeness (QED) is 0.706. The third-order valence-electron chi connectivity index (χ3n) is 3.48. The van der Waals surface area contributed by atoms with Gasteiger partial charge in [0.2, 0.25) is 5.91 Å². The third-order valence-corrected chi connectivity index (χ3v) is 3.48. The van der Waals surface area contributed by atoms with E-state index in [0.29, 0.717) is 23.8 Å². The summed E-state index contributed by atoms with van der Waals surface area (Å²) >= 11 is 0. The van der Waals surface area contributed by atoms with Gasteiger partial charge in [-0.25, -0.2) is 4.79 Å². The maximum atomic E-state index is 12.0. The Morgan fingerprint density at radius 1 is 0.885 bits per heavy atom. The van der Waals surface area contributed by atoms with Crippen molar-refractivity contribution in [1.29, 1.82) is 0 Å². The number of methoxy groups -OCH3 is 2. The molecular weight excluding hydrogens is 336 g/mol. The number of carbonyl (C=O) groups is 2. The number of nitrogens with one attached hydrogen (secondary N) is 2. The van der Waals surface area contributed by atoms with Crippen LogP contribution in [0.5, 0.6) is 17.2 Å². The highest BCUT2D eigenvalue weighted by molar-refractivity contribution is 5.79. The number of rotatable bonds is 8. The molecule has 0 atom stereocenters. The first kappa shape index (κ1) is 19.1. The SMILES string of the molecule is COc1ccc(CC(=O)NCCNC(=O)Oc2ccccc2)cc1OC. The summed E-state index contributed by atoms with van der Waals surface area (Å²) in [5.41, 5.74) is 0.802. The van der Waals surface area contributed by atoms with E-state index in [0.717, 1.165) is 5.56 Å². The molecule has 26 heavy (non-hydrogen) atoms. The normalized spacial score (nSPS) is 9.92. The summed E-state index contributed by atoms with van der Waals surface area (Å²) in [5, 5.41) is 5.31. The molecule has 0 aliphatic heterocycles. The molecule has 0 aromatic heterocycles. The van der Waals surface area contributed by atoms with Crippen molar-refractivity contribution in [2.24, 2.45) is 0 Å². The molecule has 0 radical (unpaired) electrons. The molecule has 2 N–H and O–H groups in total. The standard InChI is InChI=1S/C19H22N2O5/c1-24-16-9-8-14(12-17(16)25-2)13-18(22)20-10-11-21-19(23)26-15-6-4-3-5-7-15/h3-9,12H,10-11,13H2,1-2H3,(H,20,22)(H,21,23). The van der Waals surface area contributed by atoms with Crippen LogP contribution < -0.4 is 24.8 Å². The van der Waals surface area contributed by atoms with E-state index in [1.165, 1.54) is 0 Å². The van der Waals surface area contributed by atoms with Crippen molar-refractivity contribution >= 4 is 12.0 Å². The van der Waals surface area contributed by atoms with Crippen molar-refractivity contribution in [2.75, 3.05) is 27.3 Å². The van der Waals surface area contributed by atoms with Crippen molar-refractivity contribution < 1.29 is 23.8 Å². The van der Waals surface area contributed by atoms with Gasteiger partial charge in [0, 0.05) is 13.1 Å². The minimum absolute atomic E-state index is 0.157. The monoisotopic (exact) mass is 358 g/mol. The summed E-state index contributed by atoms with van der Waals surface area (Å²) in [6.07, 6.45) is -0.361. The zero-order valence-corrected chi connectivity index (χ0v) is 14.8. The second kappa shape index (κ2) is 9.93. The first-order valence-electron chi connectivity index (χ1n) is 8.10. The Morgan fingerprint density at radius 3 is 2.27 bits per heavy atom. The van der Waals surface area contributed by atoms with Gasteiger partial charge in [-0.2, -0.15) is 0 Å². The lowest BCUT2D eigenvalue weighted by Gasteiger charge is -2.10. The van der Waals surface area contributed by atoms with Crippen molar-refractivity contribution in [2.45, 2.75) is 6.42 Å². The molecular formula is C19H22N2O5. The zero-order valence-electron chi connectivity index (χ0n) is 14.8. The van der Waals surface area contributed by atoms with Crippen LogP contribution >= 0.6 is 0 Å². The highest BCUT2D eigenvalue weighted by Crippen LogP contribution is 2.27. The van der Waals surface area contributed by atoms with Crippen LogP contribution in [0, 0.1) is 0 Å². The van der Waals surface area contributed by atoms with Gasteiger partial charge in [-0.1, -0.05) is 24.3 Å². The van der Waals surface area contributed by atoms with Crippen molar-refractivity contribution in [3.05, 3.63) is 54.1 Å². The summed E-state index contributed by atoms with van der Waals surface area (Å²) in [7, 11) is 3.10. The topological polar surface area (TPSA) is 85.9 Å². The minimum atomic E-state index is -0.565. The predicted molar refractivity (Wildman–Crippen MR) is 96.7 cm³/mol. The maximum absolute atomic E-state index is 12.0. The van der Waals surface area contributed by atoms with Gasteiger partial charge in [0.1, 0.15) is 5.75 Å². The van der Waals surface area contributed by atoms with Crippen LogP contribution in [0.4, 0.5) is 4.79 Å². The van der Waals surface area contributed by atoms with Crippen LogP contribution in [-0.4, -0.2) is 39.3 Å². The molecule has 0 aliphatic rings. The van der Waals surface area contributed by atoms with Gasteiger partial charge in [0.25, 0.3) is 0 Å². The van der Waals surface area contributed by atoms with Gasteiger partial charge in [0.15, 0.2) is 11.5 Å². The maximum Gasteiger partial charge on any atom is 0.412 e. The molecule has 2 aromatic rings. The highest BCUT2D eigenvalue weighted by Gasteiger charge is 2.08. The molecule has 0 bridgehead atoms. The van der Waals surface area contributed by atoms with Crippen molar-refractivity contribution in [3.8, 4) is 17.2 Å². The number of amides is 2. The second-order valence-corrected chi connectivity index (χ2v) is 5.35. The Labute approximate surface area is 152 Å². The molecule has 7 nitrogen and oxygen atoms in total. The van der Waals surface area contributed by atoms with Crippen molar-refractivity contribution in [1.82, 2.24) is 10.6 Å². The van der Waals surface area contributed by atoms with Gasteiger partial charge in [-0.15, -0.1) is 0 Å². The molecule has 0 saturated carbocycles. The van der Waals surface area contributed by atoms with E-state index in [1.54, 1.807) is 56.7 Å². The smallest absolute Gasteiger partial charge is 0.412 e. The summed E-state index contributed by atoms with van der Waals surface area (Å²) in [6.45, 7) is 0.569. The fraction of sp³-hybridized carbons (Fsp3) is 0.263. The second-order valence-electron chi connectivity index (χ2n) is 5.35. The van der Waals surface area contributed by atoms with Gasteiger partial charge in [-0.05, 0) is 29.8 Å². The van der Waals surface area contributed by atoms with Crippen LogP contribution in [0.2, 0.25) is 0 Å². The number of carbonyl (C=O) groups excluding carboxylic acids is 2. The molecule has 2 aromatic carbocycles. The van der Waals surface area contributed by atoms with Crippen LogP contribution in [0.3, 0.4) is 0 Å². The van der Waals surface area contributed by atoms with Gasteiger partial charge in [0.05, 0.1) is 20.6 Å². The molecule has 0 fully saturated rings. The summed E-state index contributed by atoms with van der Waals surface area (Å²) < 4.78 is 15.5. The fourth-order valence-electron chi connectivity index (χ4n) is 2.24. The van der Waals surface area contributed by atoms with Crippen LogP contribution in [0.1, 0.15) is 5.56 Å². The molecule has 7 heteroatoms. The van der Waals surface area contributed by atoms with Gasteiger partial charge < -0.3 is 24.8 Å². The minimum Gasteiger partial charge on any atom is -0.493 e. The lowest BCUT2D eigenvalue weighted by molar-refractivity contribution is -0.120. The van der Waals surface area contributed by atoms with Crippen molar-refractivity contribution in [3.63, 3.8) is 0 Å².